The number of sulfone groups is 1. The lowest BCUT2D eigenvalue weighted by atomic mass is 10.2. The molecule has 0 aromatic carbocycles. The predicted octanol–water partition coefficient (Wildman–Crippen LogP) is 0.952. The van der Waals surface area contributed by atoms with E-state index in [1.54, 1.807) is 0 Å². The van der Waals surface area contributed by atoms with E-state index in [1.165, 1.54) is 12.6 Å². The molecular formula is C12H22N4O2S. The van der Waals surface area contributed by atoms with Gasteiger partial charge in [-0.2, -0.15) is 0 Å². The second-order valence-corrected chi connectivity index (χ2v) is 6.72. The number of nitrogens with one attached hydrogen (secondary N) is 1. The third kappa shape index (κ3) is 4.66. The van der Waals surface area contributed by atoms with Crippen LogP contribution in [-0.4, -0.2) is 50.5 Å². The Balaban J connectivity index is 2.95. The fourth-order valence-electron chi connectivity index (χ4n) is 1.79. The second-order valence-electron chi connectivity index (χ2n) is 4.46. The zero-order chi connectivity index (χ0) is 14.5. The molecule has 0 radical (unpaired) electrons. The largest absolute Gasteiger partial charge is 0.370 e. The Morgan fingerprint density at radius 2 is 2.00 bits per heavy atom. The summed E-state index contributed by atoms with van der Waals surface area (Å²) in [7, 11) is -1.12. The van der Waals surface area contributed by atoms with Gasteiger partial charge in [0.15, 0.2) is 0 Å². The van der Waals surface area contributed by atoms with Crippen LogP contribution in [-0.2, 0) is 16.3 Å². The summed E-state index contributed by atoms with van der Waals surface area (Å²) in [6.07, 6.45) is 3.54. The first-order chi connectivity index (χ1) is 8.89. The molecule has 0 aliphatic carbocycles. The van der Waals surface area contributed by atoms with E-state index in [4.69, 9.17) is 0 Å². The average Bonchev–Trinajstić information content (AvgIpc) is 2.35. The van der Waals surface area contributed by atoms with Crippen molar-refractivity contribution in [1.29, 1.82) is 0 Å². The van der Waals surface area contributed by atoms with Gasteiger partial charge in [0.25, 0.3) is 0 Å². The maximum atomic E-state index is 11.2. The second kappa shape index (κ2) is 6.70. The summed E-state index contributed by atoms with van der Waals surface area (Å²) >= 11 is 0. The van der Waals surface area contributed by atoms with Crippen molar-refractivity contribution in [3.8, 4) is 0 Å². The molecule has 0 saturated heterocycles. The summed E-state index contributed by atoms with van der Waals surface area (Å²) in [4.78, 5) is 10.4. The van der Waals surface area contributed by atoms with Gasteiger partial charge in [-0.15, -0.1) is 0 Å². The van der Waals surface area contributed by atoms with Crippen LogP contribution in [0.4, 0.5) is 11.6 Å². The molecule has 1 heterocycles. The first kappa shape index (κ1) is 15.7. The number of rotatable bonds is 7. The highest BCUT2D eigenvalue weighted by atomic mass is 32.2. The van der Waals surface area contributed by atoms with Crippen molar-refractivity contribution in [3.63, 3.8) is 0 Å². The summed E-state index contributed by atoms with van der Waals surface area (Å²) in [5, 5.41) is 3.20. The lowest BCUT2D eigenvalue weighted by Crippen LogP contribution is -2.27. The van der Waals surface area contributed by atoms with Crippen LogP contribution < -0.4 is 10.2 Å². The van der Waals surface area contributed by atoms with Crippen molar-refractivity contribution in [2.45, 2.75) is 20.3 Å². The molecule has 0 aliphatic heterocycles. The molecule has 0 spiro atoms. The molecule has 1 aromatic heterocycles. The average molecular weight is 286 g/mol. The summed E-state index contributed by atoms with van der Waals surface area (Å²) in [6.45, 7) is 5.26. The summed E-state index contributed by atoms with van der Waals surface area (Å²) < 4.78 is 22.4. The van der Waals surface area contributed by atoms with Crippen LogP contribution in [0, 0.1) is 0 Å². The molecule has 0 saturated carbocycles. The molecule has 0 unspecified atom stereocenters. The van der Waals surface area contributed by atoms with E-state index >= 15 is 0 Å². The molecule has 1 rings (SSSR count). The predicted molar refractivity (Wildman–Crippen MR) is 78.6 cm³/mol. The number of hydrogen-bond acceptors (Lipinski definition) is 6. The number of aromatic nitrogens is 2. The third-order valence-electron chi connectivity index (χ3n) is 2.78. The van der Waals surface area contributed by atoms with Gasteiger partial charge in [-0.1, -0.05) is 6.92 Å². The highest BCUT2D eigenvalue weighted by Gasteiger charge is 2.14. The van der Waals surface area contributed by atoms with Crippen LogP contribution in [0.2, 0.25) is 0 Å². The van der Waals surface area contributed by atoms with Crippen molar-refractivity contribution in [3.05, 3.63) is 11.9 Å². The van der Waals surface area contributed by atoms with E-state index < -0.39 is 9.84 Å². The minimum Gasteiger partial charge on any atom is -0.370 e. The maximum Gasteiger partial charge on any atom is 0.149 e. The van der Waals surface area contributed by atoms with Crippen molar-refractivity contribution in [2.24, 2.45) is 0 Å². The Bertz CT molecular complexity index is 516. The van der Waals surface area contributed by atoms with E-state index in [0.717, 1.165) is 30.2 Å². The van der Waals surface area contributed by atoms with E-state index in [-0.39, 0.29) is 5.75 Å². The van der Waals surface area contributed by atoms with Crippen LogP contribution in [0.5, 0.6) is 0 Å². The highest BCUT2D eigenvalue weighted by molar-refractivity contribution is 7.90. The first-order valence-corrected chi connectivity index (χ1v) is 8.41. The SMILES string of the molecule is CCNc1ncnc(N(C)CCS(C)(=O)=O)c1CC. The lowest BCUT2D eigenvalue weighted by Gasteiger charge is -2.21. The van der Waals surface area contributed by atoms with Gasteiger partial charge in [-0.25, -0.2) is 18.4 Å². The Kier molecular flexibility index (Phi) is 5.53. The minimum absolute atomic E-state index is 0.118. The smallest absolute Gasteiger partial charge is 0.149 e. The van der Waals surface area contributed by atoms with Gasteiger partial charge in [0.1, 0.15) is 27.8 Å². The molecular weight excluding hydrogens is 264 g/mol. The van der Waals surface area contributed by atoms with E-state index in [0.29, 0.717) is 6.54 Å². The molecule has 0 aliphatic rings. The summed E-state index contributed by atoms with van der Waals surface area (Å²) in [5.74, 6) is 1.73. The van der Waals surface area contributed by atoms with Gasteiger partial charge < -0.3 is 10.2 Å². The van der Waals surface area contributed by atoms with Gasteiger partial charge in [0, 0.05) is 32.0 Å². The number of nitrogens with zero attached hydrogens (tertiary/aromatic N) is 3. The van der Waals surface area contributed by atoms with Crippen molar-refractivity contribution >= 4 is 21.5 Å². The quantitative estimate of drug-likeness (QED) is 0.804. The van der Waals surface area contributed by atoms with Gasteiger partial charge in [-0.3, -0.25) is 0 Å². The van der Waals surface area contributed by atoms with Crippen molar-refractivity contribution < 1.29 is 8.42 Å². The van der Waals surface area contributed by atoms with Crippen LogP contribution in [0.25, 0.3) is 0 Å². The molecule has 0 fully saturated rings. The van der Waals surface area contributed by atoms with Gasteiger partial charge >= 0.3 is 0 Å². The molecule has 0 amide bonds. The van der Waals surface area contributed by atoms with Gasteiger partial charge in [-0.05, 0) is 13.3 Å². The molecule has 1 N–H and O–H groups in total. The van der Waals surface area contributed by atoms with Crippen LogP contribution in [0.15, 0.2) is 6.33 Å². The van der Waals surface area contributed by atoms with E-state index in [9.17, 15) is 8.42 Å². The summed E-state index contributed by atoms with van der Waals surface area (Å²) in [6, 6.07) is 0. The molecule has 7 heteroatoms. The van der Waals surface area contributed by atoms with Gasteiger partial charge in [0.2, 0.25) is 0 Å². The van der Waals surface area contributed by atoms with E-state index in [1.807, 2.05) is 25.8 Å². The van der Waals surface area contributed by atoms with Crippen LogP contribution >= 0.6 is 0 Å². The normalized spacial score (nSPS) is 11.4. The Morgan fingerprint density at radius 3 is 2.53 bits per heavy atom. The van der Waals surface area contributed by atoms with Crippen molar-refractivity contribution in [1.82, 2.24) is 9.97 Å². The van der Waals surface area contributed by atoms with Gasteiger partial charge in [0.05, 0.1) is 5.75 Å². The van der Waals surface area contributed by atoms with Crippen LogP contribution in [0.3, 0.4) is 0 Å². The Morgan fingerprint density at radius 1 is 1.32 bits per heavy atom. The monoisotopic (exact) mass is 286 g/mol. The molecule has 19 heavy (non-hydrogen) atoms. The summed E-state index contributed by atoms with van der Waals surface area (Å²) in [5.41, 5.74) is 1.01. The molecule has 108 valence electrons. The first-order valence-electron chi connectivity index (χ1n) is 6.35. The fourth-order valence-corrected chi connectivity index (χ4v) is 2.39. The zero-order valence-corrected chi connectivity index (χ0v) is 12.8. The topological polar surface area (TPSA) is 75.2 Å². The third-order valence-corrected chi connectivity index (χ3v) is 3.70. The van der Waals surface area contributed by atoms with Crippen molar-refractivity contribution in [2.75, 3.05) is 42.4 Å². The zero-order valence-electron chi connectivity index (χ0n) is 12.0. The maximum absolute atomic E-state index is 11.2. The Labute approximate surface area is 115 Å². The molecule has 0 atom stereocenters. The highest BCUT2D eigenvalue weighted by Crippen LogP contribution is 2.22. The number of hydrogen-bond donors (Lipinski definition) is 1. The fraction of sp³-hybridized carbons (Fsp3) is 0.667. The Hall–Kier alpha value is -1.37. The molecule has 1 aromatic rings. The van der Waals surface area contributed by atoms with E-state index in [2.05, 4.69) is 15.3 Å². The van der Waals surface area contributed by atoms with Crippen LogP contribution in [0.1, 0.15) is 19.4 Å². The lowest BCUT2D eigenvalue weighted by molar-refractivity contribution is 0.601. The molecule has 0 bridgehead atoms. The molecule has 6 nitrogen and oxygen atoms in total. The standard InChI is InChI=1S/C12H22N4O2S/c1-5-10-11(13-6-2)14-9-15-12(10)16(3)7-8-19(4,17)18/h9H,5-8H2,1-4H3,(H,13,14,15). The minimum atomic E-state index is -2.97. The number of anilines is 2.